The van der Waals surface area contributed by atoms with Crippen LogP contribution in [0.25, 0.3) is 0 Å². The second-order valence-corrected chi connectivity index (χ2v) is 6.98. The first kappa shape index (κ1) is 20.2. The van der Waals surface area contributed by atoms with E-state index in [0.717, 1.165) is 0 Å². The molecule has 26 heavy (non-hydrogen) atoms. The van der Waals surface area contributed by atoms with Crippen LogP contribution in [0.3, 0.4) is 0 Å². The maximum Gasteiger partial charge on any atom is 0.265 e. The van der Waals surface area contributed by atoms with Gasteiger partial charge in [0.2, 0.25) is 0 Å². The Kier molecular flexibility index (Phi) is 6.61. The van der Waals surface area contributed by atoms with Gasteiger partial charge < -0.3 is 15.0 Å². The first-order valence-electron chi connectivity index (χ1n) is 7.63. The molecule has 0 fully saturated rings. The van der Waals surface area contributed by atoms with Gasteiger partial charge in [-0.05, 0) is 59.3 Å². The Morgan fingerprint density at radius 2 is 1.92 bits per heavy atom. The van der Waals surface area contributed by atoms with E-state index < -0.39 is 17.8 Å². The molecular formula is C18H17BrClFN2O3. The van der Waals surface area contributed by atoms with E-state index in [1.54, 1.807) is 33.2 Å². The molecule has 0 spiro atoms. The Labute approximate surface area is 164 Å². The van der Waals surface area contributed by atoms with E-state index in [2.05, 4.69) is 21.2 Å². The van der Waals surface area contributed by atoms with Crippen molar-refractivity contribution in [2.45, 2.75) is 13.0 Å². The molecule has 0 aromatic heterocycles. The van der Waals surface area contributed by atoms with Crippen molar-refractivity contribution in [3.63, 3.8) is 0 Å². The summed E-state index contributed by atoms with van der Waals surface area (Å²) in [5.41, 5.74) is 0.776. The van der Waals surface area contributed by atoms with E-state index in [4.69, 9.17) is 16.3 Å². The molecule has 5 nitrogen and oxygen atoms in total. The van der Waals surface area contributed by atoms with Gasteiger partial charge in [-0.2, -0.15) is 0 Å². The highest BCUT2D eigenvalue weighted by atomic mass is 79.9. The van der Waals surface area contributed by atoms with Crippen molar-refractivity contribution in [2.75, 3.05) is 19.4 Å². The first-order valence-corrected chi connectivity index (χ1v) is 8.80. The fourth-order valence-corrected chi connectivity index (χ4v) is 2.77. The Morgan fingerprint density at radius 1 is 1.23 bits per heavy atom. The SMILES string of the molecule is CC(Oc1ccc(F)cc1Br)C(=O)Nc1ccc(C(=O)N(C)C)c(Cl)c1. The van der Waals surface area contributed by atoms with Crippen molar-refractivity contribution in [3.8, 4) is 5.75 Å². The zero-order valence-electron chi connectivity index (χ0n) is 14.3. The van der Waals surface area contributed by atoms with E-state index in [-0.39, 0.29) is 10.9 Å². The molecule has 0 heterocycles. The maximum atomic E-state index is 13.1. The van der Waals surface area contributed by atoms with Crippen LogP contribution in [0.15, 0.2) is 40.9 Å². The number of rotatable bonds is 5. The van der Waals surface area contributed by atoms with E-state index >= 15 is 0 Å². The van der Waals surface area contributed by atoms with Crippen LogP contribution < -0.4 is 10.1 Å². The molecule has 2 aromatic rings. The summed E-state index contributed by atoms with van der Waals surface area (Å²) in [5.74, 6) is -0.711. The third kappa shape index (κ3) is 4.95. The zero-order valence-corrected chi connectivity index (χ0v) is 16.7. The molecule has 0 aliphatic heterocycles. The van der Waals surface area contributed by atoms with Crippen molar-refractivity contribution in [1.82, 2.24) is 4.90 Å². The number of benzene rings is 2. The van der Waals surface area contributed by atoms with E-state index in [1.165, 1.54) is 29.2 Å². The molecule has 0 bridgehead atoms. The van der Waals surface area contributed by atoms with Crippen molar-refractivity contribution < 1.29 is 18.7 Å². The summed E-state index contributed by atoms with van der Waals surface area (Å²) in [6.07, 6.45) is -0.835. The number of hydrogen-bond donors (Lipinski definition) is 1. The van der Waals surface area contributed by atoms with Gasteiger partial charge >= 0.3 is 0 Å². The maximum absolute atomic E-state index is 13.1. The van der Waals surface area contributed by atoms with Gasteiger partial charge in [-0.1, -0.05) is 11.6 Å². The molecule has 8 heteroatoms. The fraction of sp³-hybridized carbons (Fsp3) is 0.222. The molecular weight excluding hydrogens is 427 g/mol. The van der Waals surface area contributed by atoms with E-state index in [9.17, 15) is 14.0 Å². The average Bonchev–Trinajstić information content (AvgIpc) is 2.56. The number of hydrogen-bond acceptors (Lipinski definition) is 3. The van der Waals surface area contributed by atoms with Gasteiger partial charge in [-0.3, -0.25) is 9.59 Å². The molecule has 0 radical (unpaired) electrons. The van der Waals surface area contributed by atoms with Crippen molar-refractivity contribution in [2.24, 2.45) is 0 Å². The average molecular weight is 444 g/mol. The van der Waals surface area contributed by atoms with Crippen LogP contribution >= 0.6 is 27.5 Å². The van der Waals surface area contributed by atoms with Crippen LogP contribution in [0.1, 0.15) is 17.3 Å². The van der Waals surface area contributed by atoms with Crippen LogP contribution in [-0.4, -0.2) is 36.9 Å². The highest BCUT2D eigenvalue weighted by Gasteiger charge is 2.18. The first-order chi connectivity index (χ1) is 12.2. The number of halogens is 3. The third-order valence-electron chi connectivity index (χ3n) is 3.44. The summed E-state index contributed by atoms with van der Waals surface area (Å²) >= 11 is 9.31. The quantitative estimate of drug-likeness (QED) is 0.747. The van der Waals surface area contributed by atoms with Gasteiger partial charge in [0.1, 0.15) is 11.6 Å². The van der Waals surface area contributed by atoms with Crippen LogP contribution in [0.2, 0.25) is 5.02 Å². The number of ether oxygens (including phenoxy) is 1. The Balaban J connectivity index is 2.07. The molecule has 0 aliphatic rings. The van der Waals surface area contributed by atoms with Crippen LogP contribution in [0.4, 0.5) is 10.1 Å². The van der Waals surface area contributed by atoms with Gasteiger partial charge in [0.25, 0.3) is 11.8 Å². The lowest BCUT2D eigenvalue weighted by atomic mass is 10.2. The lowest BCUT2D eigenvalue weighted by Crippen LogP contribution is -2.30. The van der Waals surface area contributed by atoms with Crippen molar-refractivity contribution in [3.05, 3.63) is 57.3 Å². The molecule has 1 atom stereocenters. The van der Waals surface area contributed by atoms with E-state index in [0.29, 0.717) is 21.5 Å². The van der Waals surface area contributed by atoms with Gasteiger partial charge in [0, 0.05) is 19.8 Å². The molecule has 2 amide bonds. The van der Waals surface area contributed by atoms with Gasteiger partial charge in [0.15, 0.2) is 6.10 Å². The number of amides is 2. The summed E-state index contributed by atoms with van der Waals surface area (Å²) in [6, 6.07) is 8.55. The third-order valence-corrected chi connectivity index (χ3v) is 4.37. The largest absolute Gasteiger partial charge is 0.480 e. The van der Waals surface area contributed by atoms with Gasteiger partial charge in [-0.15, -0.1) is 0 Å². The normalized spacial score (nSPS) is 11.6. The van der Waals surface area contributed by atoms with Gasteiger partial charge in [0.05, 0.1) is 15.1 Å². The number of carbonyl (C=O) groups excluding carboxylic acids is 2. The number of carbonyl (C=O) groups is 2. The topological polar surface area (TPSA) is 58.6 Å². The highest BCUT2D eigenvalue weighted by Crippen LogP contribution is 2.27. The number of anilines is 1. The molecule has 138 valence electrons. The molecule has 2 rings (SSSR count). The second-order valence-electron chi connectivity index (χ2n) is 5.72. The molecule has 0 saturated heterocycles. The summed E-state index contributed by atoms with van der Waals surface area (Å²) in [6.45, 7) is 1.57. The summed E-state index contributed by atoms with van der Waals surface area (Å²) in [5, 5.41) is 2.90. The fourth-order valence-electron chi connectivity index (χ4n) is 2.07. The minimum atomic E-state index is -0.835. The Bertz CT molecular complexity index is 845. The van der Waals surface area contributed by atoms with Gasteiger partial charge in [-0.25, -0.2) is 4.39 Å². The van der Waals surface area contributed by atoms with Crippen molar-refractivity contribution in [1.29, 1.82) is 0 Å². The lowest BCUT2D eigenvalue weighted by molar-refractivity contribution is -0.122. The summed E-state index contributed by atoms with van der Waals surface area (Å²) in [7, 11) is 3.25. The number of nitrogens with zero attached hydrogens (tertiary/aromatic N) is 1. The summed E-state index contributed by atoms with van der Waals surface area (Å²) < 4.78 is 19.1. The minimum Gasteiger partial charge on any atom is -0.480 e. The summed E-state index contributed by atoms with van der Waals surface area (Å²) in [4.78, 5) is 25.7. The van der Waals surface area contributed by atoms with E-state index in [1.807, 2.05) is 0 Å². The molecule has 1 N–H and O–H groups in total. The van der Waals surface area contributed by atoms with Crippen molar-refractivity contribution >= 4 is 45.0 Å². The Morgan fingerprint density at radius 3 is 2.50 bits per heavy atom. The second kappa shape index (κ2) is 8.51. The molecule has 1 unspecified atom stereocenters. The van der Waals surface area contributed by atoms with Crippen LogP contribution in [0.5, 0.6) is 5.75 Å². The minimum absolute atomic E-state index is 0.231. The van der Waals surface area contributed by atoms with Crippen LogP contribution in [-0.2, 0) is 4.79 Å². The lowest BCUT2D eigenvalue weighted by Gasteiger charge is -2.16. The predicted molar refractivity (Wildman–Crippen MR) is 102 cm³/mol. The predicted octanol–water partition coefficient (Wildman–Crippen LogP) is 4.35. The highest BCUT2D eigenvalue weighted by molar-refractivity contribution is 9.10. The smallest absolute Gasteiger partial charge is 0.265 e. The molecule has 0 aliphatic carbocycles. The standard InChI is InChI=1S/C18H17BrClFN2O3/c1-10(26-16-7-4-11(21)8-14(16)19)17(24)22-12-5-6-13(15(20)9-12)18(25)23(2)3/h4-10H,1-3H3,(H,22,24). The molecule has 2 aromatic carbocycles. The zero-order chi connectivity index (χ0) is 19.4. The Hall–Kier alpha value is -2.12. The monoisotopic (exact) mass is 442 g/mol. The van der Waals surface area contributed by atoms with Crippen LogP contribution in [0, 0.1) is 5.82 Å². The molecule has 0 saturated carbocycles. The number of nitrogens with one attached hydrogen (secondary N) is 1.